The Morgan fingerprint density at radius 1 is 1.25 bits per heavy atom. The molecule has 0 bridgehead atoms. The van der Waals surface area contributed by atoms with Crippen LogP contribution in [-0.2, 0) is 4.79 Å². The zero-order valence-corrected chi connectivity index (χ0v) is 11.2. The van der Waals surface area contributed by atoms with E-state index in [0.29, 0.717) is 32.0 Å². The average Bonchev–Trinajstić information content (AvgIpc) is 2.46. The van der Waals surface area contributed by atoms with Crippen LogP contribution < -0.4 is 10.6 Å². The van der Waals surface area contributed by atoms with Gasteiger partial charge in [0.15, 0.2) is 11.5 Å². The van der Waals surface area contributed by atoms with Gasteiger partial charge in [0.25, 0.3) is 5.91 Å². The SMILES string of the molecule is CC(C(=O)O)N1CCN(c2nccnc2C(N)=O)CC1. The van der Waals surface area contributed by atoms with Crippen molar-refractivity contribution in [1.29, 1.82) is 0 Å². The standard InChI is InChI=1S/C12H17N5O3/c1-8(12(19)20)16-4-6-17(7-5-16)11-9(10(13)18)14-2-3-15-11/h2-3,8H,4-7H2,1H3,(H2,13,18)(H,19,20). The van der Waals surface area contributed by atoms with E-state index in [-0.39, 0.29) is 5.69 Å². The second kappa shape index (κ2) is 5.83. The number of hydrogen-bond acceptors (Lipinski definition) is 6. The number of rotatable bonds is 4. The van der Waals surface area contributed by atoms with Gasteiger partial charge in [-0.2, -0.15) is 0 Å². The van der Waals surface area contributed by atoms with Crippen molar-refractivity contribution in [1.82, 2.24) is 14.9 Å². The van der Waals surface area contributed by atoms with Crippen molar-refractivity contribution in [3.8, 4) is 0 Å². The quantitative estimate of drug-likeness (QED) is 0.739. The Hall–Kier alpha value is -2.22. The van der Waals surface area contributed by atoms with Crippen LogP contribution >= 0.6 is 0 Å². The number of piperazine rings is 1. The molecule has 0 aliphatic carbocycles. The predicted octanol–water partition coefficient (Wildman–Crippen LogP) is -0.829. The molecule has 1 amide bonds. The highest BCUT2D eigenvalue weighted by molar-refractivity contribution is 5.95. The molecule has 0 spiro atoms. The van der Waals surface area contributed by atoms with Crippen LogP contribution in [0.3, 0.4) is 0 Å². The van der Waals surface area contributed by atoms with E-state index in [9.17, 15) is 9.59 Å². The molecule has 1 fully saturated rings. The Labute approximate surface area is 116 Å². The largest absolute Gasteiger partial charge is 0.480 e. The van der Waals surface area contributed by atoms with Crippen molar-refractivity contribution in [2.45, 2.75) is 13.0 Å². The lowest BCUT2D eigenvalue weighted by Gasteiger charge is -2.37. The van der Waals surface area contributed by atoms with Gasteiger partial charge in [0.05, 0.1) is 0 Å². The van der Waals surface area contributed by atoms with Gasteiger partial charge in [0, 0.05) is 38.6 Å². The van der Waals surface area contributed by atoms with E-state index < -0.39 is 17.9 Å². The van der Waals surface area contributed by atoms with Crippen molar-refractivity contribution < 1.29 is 14.7 Å². The molecule has 20 heavy (non-hydrogen) atoms. The molecule has 1 unspecified atom stereocenters. The molecule has 1 aliphatic heterocycles. The van der Waals surface area contributed by atoms with Crippen molar-refractivity contribution in [2.24, 2.45) is 5.73 Å². The fraction of sp³-hybridized carbons (Fsp3) is 0.500. The maximum Gasteiger partial charge on any atom is 0.320 e. The minimum absolute atomic E-state index is 0.146. The molecular formula is C12H17N5O3. The van der Waals surface area contributed by atoms with E-state index in [2.05, 4.69) is 9.97 Å². The monoisotopic (exact) mass is 279 g/mol. The second-order valence-electron chi connectivity index (χ2n) is 4.63. The molecule has 2 heterocycles. The smallest absolute Gasteiger partial charge is 0.320 e. The molecule has 1 aromatic rings. The highest BCUT2D eigenvalue weighted by atomic mass is 16.4. The van der Waals surface area contributed by atoms with E-state index >= 15 is 0 Å². The minimum Gasteiger partial charge on any atom is -0.480 e. The molecule has 1 aromatic heterocycles. The van der Waals surface area contributed by atoms with Crippen LogP contribution in [0.1, 0.15) is 17.4 Å². The van der Waals surface area contributed by atoms with Crippen LogP contribution in [0.15, 0.2) is 12.4 Å². The molecule has 108 valence electrons. The summed E-state index contributed by atoms with van der Waals surface area (Å²) in [6, 6.07) is -0.519. The zero-order chi connectivity index (χ0) is 14.7. The van der Waals surface area contributed by atoms with Crippen LogP contribution in [0.2, 0.25) is 0 Å². The molecule has 1 atom stereocenters. The van der Waals surface area contributed by atoms with Gasteiger partial charge in [0.1, 0.15) is 6.04 Å². The van der Waals surface area contributed by atoms with Crippen LogP contribution in [0.5, 0.6) is 0 Å². The first kappa shape index (κ1) is 14.2. The number of aliphatic carboxylic acids is 1. The third kappa shape index (κ3) is 2.85. The van der Waals surface area contributed by atoms with Crippen LogP contribution in [0.25, 0.3) is 0 Å². The first-order valence-electron chi connectivity index (χ1n) is 6.33. The summed E-state index contributed by atoms with van der Waals surface area (Å²) in [5.74, 6) is -0.993. The predicted molar refractivity (Wildman–Crippen MR) is 71.4 cm³/mol. The summed E-state index contributed by atoms with van der Waals surface area (Å²) in [5.41, 5.74) is 5.43. The lowest BCUT2D eigenvalue weighted by molar-refractivity contribution is -0.142. The fourth-order valence-corrected chi connectivity index (χ4v) is 2.21. The number of nitrogens with two attached hydrogens (primary N) is 1. The summed E-state index contributed by atoms with van der Waals surface area (Å²) in [6.45, 7) is 3.99. The first-order chi connectivity index (χ1) is 9.50. The van der Waals surface area contributed by atoms with E-state index in [1.165, 1.54) is 12.4 Å². The maximum atomic E-state index is 11.3. The summed E-state index contributed by atoms with van der Waals surface area (Å²) < 4.78 is 0. The molecule has 1 saturated heterocycles. The average molecular weight is 279 g/mol. The molecule has 0 aromatic carbocycles. The Kier molecular flexibility index (Phi) is 4.14. The topological polar surface area (TPSA) is 113 Å². The summed E-state index contributed by atoms with van der Waals surface area (Å²) in [4.78, 5) is 34.2. The van der Waals surface area contributed by atoms with Crippen LogP contribution in [-0.4, -0.2) is 64.1 Å². The molecule has 0 saturated carbocycles. The number of aromatic nitrogens is 2. The zero-order valence-electron chi connectivity index (χ0n) is 11.2. The highest BCUT2D eigenvalue weighted by Crippen LogP contribution is 2.17. The van der Waals surface area contributed by atoms with Gasteiger partial charge in [-0.05, 0) is 6.92 Å². The summed E-state index contributed by atoms with van der Waals surface area (Å²) in [6.07, 6.45) is 2.93. The van der Waals surface area contributed by atoms with Gasteiger partial charge in [-0.1, -0.05) is 0 Å². The normalized spacial score (nSPS) is 17.8. The molecule has 8 nitrogen and oxygen atoms in total. The molecule has 2 rings (SSSR count). The molecule has 1 aliphatic rings. The lowest BCUT2D eigenvalue weighted by Crippen LogP contribution is -2.52. The molecule has 3 N–H and O–H groups in total. The van der Waals surface area contributed by atoms with Crippen LogP contribution in [0, 0.1) is 0 Å². The number of carboxylic acid groups (broad SMARTS) is 1. The number of primary amides is 1. The third-order valence-corrected chi connectivity index (χ3v) is 3.43. The van der Waals surface area contributed by atoms with Crippen molar-refractivity contribution in [3.05, 3.63) is 18.1 Å². The number of hydrogen-bond donors (Lipinski definition) is 2. The summed E-state index contributed by atoms with van der Waals surface area (Å²) in [7, 11) is 0. The van der Waals surface area contributed by atoms with Gasteiger partial charge < -0.3 is 15.7 Å². The van der Waals surface area contributed by atoms with Gasteiger partial charge >= 0.3 is 5.97 Å². The number of carboxylic acids is 1. The molecule has 8 heteroatoms. The Morgan fingerprint density at radius 3 is 2.40 bits per heavy atom. The number of amides is 1. The van der Waals surface area contributed by atoms with Gasteiger partial charge in [-0.3, -0.25) is 14.5 Å². The molecular weight excluding hydrogens is 262 g/mol. The number of anilines is 1. The Balaban J connectivity index is 2.08. The molecule has 0 radical (unpaired) electrons. The minimum atomic E-state index is -0.837. The van der Waals surface area contributed by atoms with E-state index in [4.69, 9.17) is 10.8 Å². The number of nitrogens with zero attached hydrogens (tertiary/aromatic N) is 4. The Bertz CT molecular complexity index is 514. The van der Waals surface area contributed by atoms with Crippen molar-refractivity contribution in [3.63, 3.8) is 0 Å². The summed E-state index contributed by atoms with van der Waals surface area (Å²) in [5, 5.41) is 9.00. The van der Waals surface area contributed by atoms with Crippen molar-refractivity contribution in [2.75, 3.05) is 31.1 Å². The lowest BCUT2D eigenvalue weighted by atomic mass is 10.2. The van der Waals surface area contributed by atoms with E-state index in [1.807, 2.05) is 9.80 Å². The van der Waals surface area contributed by atoms with E-state index in [1.54, 1.807) is 6.92 Å². The highest BCUT2D eigenvalue weighted by Gasteiger charge is 2.27. The fourth-order valence-electron chi connectivity index (χ4n) is 2.21. The Morgan fingerprint density at radius 2 is 1.85 bits per heavy atom. The number of carbonyl (C=O) groups is 2. The first-order valence-corrected chi connectivity index (χ1v) is 6.33. The summed E-state index contributed by atoms with van der Waals surface area (Å²) >= 11 is 0. The van der Waals surface area contributed by atoms with Crippen molar-refractivity contribution >= 4 is 17.7 Å². The maximum absolute atomic E-state index is 11.3. The van der Waals surface area contributed by atoms with Gasteiger partial charge in [0.2, 0.25) is 0 Å². The van der Waals surface area contributed by atoms with Crippen LogP contribution in [0.4, 0.5) is 5.82 Å². The van der Waals surface area contributed by atoms with Gasteiger partial charge in [-0.25, -0.2) is 9.97 Å². The second-order valence-corrected chi connectivity index (χ2v) is 4.63. The van der Waals surface area contributed by atoms with Gasteiger partial charge in [-0.15, -0.1) is 0 Å². The van der Waals surface area contributed by atoms with E-state index in [0.717, 1.165) is 0 Å². The third-order valence-electron chi connectivity index (χ3n) is 3.43. The number of carbonyl (C=O) groups excluding carboxylic acids is 1.